The van der Waals surface area contributed by atoms with Gasteiger partial charge < -0.3 is 15.8 Å². The average molecular weight is 336 g/mol. The Morgan fingerprint density at radius 1 is 1.24 bits per heavy atom. The third kappa shape index (κ3) is 4.17. The maximum atomic E-state index is 11.9. The third-order valence-electron chi connectivity index (χ3n) is 3.87. The molecule has 0 saturated heterocycles. The summed E-state index contributed by atoms with van der Waals surface area (Å²) in [6, 6.07) is 11.3. The number of nitrogens with one attached hydrogen (secondary N) is 1. The Labute approximate surface area is 146 Å². The van der Waals surface area contributed by atoms with E-state index in [9.17, 15) is 4.79 Å². The van der Waals surface area contributed by atoms with Crippen LogP contribution in [0.25, 0.3) is 16.8 Å². The van der Waals surface area contributed by atoms with Gasteiger partial charge in [-0.2, -0.15) is 0 Å². The highest BCUT2D eigenvalue weighted by atomic mass is 16.5. The van der Waals surface area contributed by atoms with Crippen molar-refractivity contribution in [1.82, 2.24) is 10.3 Å². The van der Waals surface area contributed by atoms with Gasteiger partial charge in [-0.3, -0.25) is 9.78 Å². The molecule has 128 valence electrons. The number of methoxy groups -OCH3 is 1. The van der Waals surface area contributed by atoms with Crippen LogP contribution in [0.1, 0.15) is 12.0 Å². The maximum Gasteiger partial charge on any atom is 0.244 e. The molecule has 0 bridgehead atoms. The molecule has 0 aliphatic carbocycles. The normalized spacial score (nSPS) is 14.6. The van der Waals surface area contributed by atoms with Crippen LogP contribution in [0.2, 0.25) is 0 Å². The lowest BCUT2D eigenvalue weighted by molar-refractivity contribution is -0.122. The Balaban J connectivity index is 1.73. The second-order valence-electron chi connectivity index (χ2n) is 5.72. The maximum absolute atomic E-state index is 11.9. The summed E-state index contributed by atoms with van der Waals surface area (Å²) in [5.41, 5.74) is 9.75. The summed E-state index contributed by atoms with van der Waals surface area (Å²) in [4.78, 5) is 20.5. The summed E-state index contributed by atoms with van der Waals surface area (Å²) in [6.07, 6.45) is 6.10. The number of rotatable bonds is 5. The van der Waals surface area contributed by atoms with Crippen molar-refractivity contribution in [2.75, 3.05) is 13.7 Å². The van der Waals surface area contributed by atoms with Crippen molar-refractivity contribution >= 4 is 17.4 Å². The zero-order valence-corrected chi connectivity index (χ0v) is 14.0. The number of benzene rings is 1. The fraction of sp³-hybridized carbons (Fsp3) is 0.211. The first-order chi connectivity index (χ1) is 12.2. The molecule has 0 spiro atoms. The van der Waals surface area contributed by atoms with Crippen molar-refractivity contribution in [2.24, 2.45) is 10.7 Å². The lowest BCUT2D eigenvalue weighted by Gasteiger charge is -2.10. The number of ether oxygens (including phenoxy) is 1. The highest BCUT2D eigenvalue weighted by Crippen LogP contribution is 2.26. The van der Waals surface area contributed by atoms with Gasteiger partial charge in [-0.15, -0.1) is 0 Å². The fourth-order valence-electron chi connectivity index (χ4n) is 2.58. The van der Waals surface area contributed by atoms with E-state index in [0.29, 0.717) is 12.3 Å². The molecule has 1 aliphatic rings. The van der Waals surface area contributed by atoms with Crippen molar-refractivity contribution in [2.45, 2.75) is 12.5 Å². The van der Waals surface area contributed by atoms with E-state index in [4.69, 9.17) is 10.5 Å². The van der Waals surface area contributed by atoms with Gasteiger partial charge in [0.25, 0.3) is 0 Å². The summed E-state index contributed by atoms with van der Waals surface area (Å²) < 4.78 is 4.89. The number of nitrogens with zero attached hydrogens (tertiary/aromatic N) is 2. The number of carbonyl (C=O) groups excluding carboxylic acids is 1. The predicted molar refractivity (Wildman–Crippen MR) is 97.7 cm³/mol. The monoisotopic (exact) mass is 336 g/mol. The molecule has 6 nitrogen and oxygen atoms in total. The van der Waals surface area contributed by atoms with E-state index >= 15 is 0 Å². The van der Waals surface area contributed by atoms with E-state index in [1.54, 1.807) is 12.4 Å². The molecule has 2 aromatic rings. The van der Waals surface area contributed by atoms with Crippen molar-refractivity contribution in [3.63, 3.8) is 0 Å². The summed E-state index contributed by atoms with van der Waals surface area (Å²) in [5, 5.41) is 2.76. The Morgan fingerprint density at radius 3 is 2.76 bits per heavy atom. The van der Waals surface area contributed by atoms with Crippen molar-refractivity contribution in [3.8, 4) is 11.1 Å². The molecule has 0 fully saturated rings. The number of hydrogen-bond acceptors (Lipinski definition) is 5. The summed E-state index contributed by atoms with van der Waals surface area (Å²) in [7, 11) is 1.51. The standard InChI is InChI=1S/C19H20N4O2/c1-25-12-16(20)19(24)23-18-6-5-17(22-18)15-4-2-3-14(11-15)13-7-9-21-10-8-13/h2-5,7-11,16H,6,12,20H2,1H3,(H,22,23,24). The van der Waals surface area contributed by atoms with Gasteiger partial charge >= 0.3 is 0 Å². The average Bonchev–Trinajstić information content (AvgIpc) is 3.11. The van der Waals surface area contributed by atoms with E-state index < -0.39 is 6.04 Å². The number of amides is 1. The first-order valence-corrected chi connectivity index (χ1v) is 8.01. The molecular formula is C19H20N4O2. The Kier molecular flexibility index (Phi) is 5.33. The number of aromatic nitrogens is 1. The highest BCUT2D eigenvalue weighted by molar-refractivity contribution is 6.05. The SMILES string of the molecule is COCC(N)C(=O)NC1=NC(c2cccc(-c3ccncc3)c2)=CC1. The second kappa shape index (κ2) is 7.83. The van der Waals surface area contributed by atoms with Gasteiger partial charge in [-0.1, -0.05) is 24.3 Å². The first-order valence-electron chi connectivity index (χ1n) is 8.01. The minimum Gasteiger partial charge on any atom is -0.383 e. The molecule has 1 aliphatic heterocycles. The van der Waals surface area contributed by atoms with Crippen LogP contribution in [0.3, 0.4) is 0 Å². The number of pyridine rings is 1. The zero-order chi connectivity index (χ0) is 17.6. The zero-order valence-electron chi connectivity index (χ0n) is 14.0. The molecule has 1 amide bonds. The molecule has 1 unspecified atom stereocenters. The topological polar surface area (TPSA) is 89.6 Å². The number of aliphatic imine (C=N–C) groups is 1. The van der Waals surface area contributed by atoms with E-state index in [-0.39, 0.29) is 12.5 Å². The molecule has 2 heterocycles. The molecule has 1 aromatic heterocycles. The van der Waals surface area contributed by atoms with Crippen LogP contribution >= 0.6 is 0 Å². The minimum atomic E-state index is -0.702. The fourth-order valence-corrected chi connectivity index (χ4v) is 2.58. The lowest BCUT2D eigenvalue weighted by atomic mass is 10.0. The van der Waals surface area contributed by atoms with Crippen LogP contribution < -0.4 is 11.1 Å². The molecule has 0 saturated carbocycles. The molecule has 25 heavy (non-hydrogen) atoms. The number of nitrogens with two attached hydrogens (primary N) is 1. The Morgan fingerprint density at radius 2 is 2.00 bits per heavy atom. The van der Waals surface area contributed by atoms with Crippen LogP contribution in [0.5, 0.6) is 0 Å². The molecule has 1 atom stereocenters. The predicted octanol–water partition coefficient (Wildman–Crippen LogP) is 1.98. The molecule has 0 radical (unpaired) electrons. The van der Waals surface area contributed by atoms with E-state index in [1.807, 2.05) is 36.4 Å². The van der Waals surface area contributed by atoms with Crippen LogP contribution in [-0.4, -0.2) is 36.5 Å². The molecule has 3 N–H and O–H groups in total. The van der Waals surface area contributed by atoms with Gasteiger partial charge in [0.15, 0.2) is 0 Å². The van der Waals surface area contributed by atoms with Crippen LogP contribution in [0.15, 0.2) is 59.9 Å². The largest absolute Gasteiger partial charge is 0.383 e. The molecule has 3 rings (SSSR count). The van der Waals surface area contributed by atoms with Crippen LogP contribution in [0, 0.1) is 0 Å². The first kappa shape index (κ1) is 17.0. The molecule has 1 aromatic carbocycles. The van der Waals surface area contributed by atoms with Crippen LogP contribution in [0.4, 0.5) is 0 Å². The summed E-state index contributed by atoms with van der Waals surface area (Å²) in [6.45, 7) is 0.174. The second-order valence-corrected chi connectivity index (χ2v) is 5.72. The lowest BCUT2D eigenvalue weighted by Crippen LogP contribution is -2.45. The number of amidine groups is 1. The van der Waals surface area contributed by atoms with Crippen molar-refractivity contribution < 1.29 is 9.53 Å². The van der Waals surface area contributed by atoms with Gasteiger partial charge in [0.05, 0.1) is 12.3 Å². The van der Waals surface area contributed by atoms with E-state index in [1.165, 1.54) is 7.11 Å². The number of hydrogen-bond donors (Lipinski definition) is 2. The highest BCUT2D eigenvalue weighted by Gasteiger charge is 2.18. The minimum absolute atomic E-state index is 0.174. The number of carbonyl (C=O) groups is 1. The summed E-state index contributed by atoms with van der Waals surface area (Å²) >= 11 is 0. The Hall–Kier alpha value is -2.83. The Bertz CT molecular complexity index is 815. The quantitative estimate of drug-likeness (QED) is 0.874. The van der Waals surface area contributed by atoms with E-state index in [0.717, 1.165) is 22.4 Å². The van der Waals surface area contributed by atoms with E-state index in [2.05, 4.69) is 21.4 Å². The smallest absolute Gasteiger partial charge is 0.244 e. The van der Waals surface area contributed by atoms with Crippen molar-refractivity contribution in [3.05, 3.63) is 60.4 Å². The summed E-state index contributed by atoms with van der Waals surface area (Å²) in [5.74, 6) is 0.307. The molecule has 6 heteroatoms. The van der Waals surface area contributed by atoms with Crippen molar-refractivity contribution in [1.29, 1.82) is 0 Å². The molecular weight excluding hydrogens is 316 g/mol. The van der Waals surface area contributed by atoms with Gasteiger partial charge in [0, 0.05) is 31.5 Å². The van der Waals surface area contributed by atoms with Gasteiger partial charge in [-0.25, -0.2) is 4.99 Å². The van der Waals surface area contributed by atoms with Gasteiger partial charge in [0.1, 0.15) is 11.9 Å². The van der Waals surface area contributed by atoms with Gasteiger partial charge in [-0.05, 0) is 29.3 Å². The van der Waals surface area contributed by atoms with Gasteiger partial charge in [0.2, 0.25) is 5.91 Å². The third-order valence-corrected chi connectivity index (χ3v) is 3.87. The van der Waals surface area contributed by atoms with Crippen LogP contribution in [-0.2, 0) is 9.53 Å².